The van der Waals surface area contributed by atoms with Gasteiger partial charge in [-0.15, -0.1) is 11.3 Å². The van der Waals surface area contributed by atoms with Crippen molar-refractivity contribution >= 4 is 27.3 Å². The molecule has 130 valence electrons. The summed E-state index contributed by atoms with van der Waals surface area (Å²) < 4.78 is 33.3. The molecule has 0 atom stereocenters. The van der Waals surface area contributed by atoms with Crippen molar-refractivity contribution in [2.24, 2.45) is 0 Å². The van der Waals surface area contributed by atoms with Crippen molar-refractivity contribution in [1.29, 1.82) is 0 Å². The van der Waals surface area contributed by atoms with Gasteiger partial charge in [-0.25, -0.2) is 8.42 Å². The Bertz CT molecular complexity index is 852. The first kappa shape index (κ1) is 17.1. The van der Waals surface area contributed by atoms with E-state index in [0.29, 0.717) is 31.1 Å². The Morgan fingerprint density at radius 1 is 1.42 bits per heavy atom. The smallest absolute Gasteiger partial charge is 0.250 e. The van der Waals surface area contributed by atoms with Crippen LogP contribution in [0.3, 0.4) is 0 Å². The van der Waals surface area contributed by atoms with Crippen molar-refractivity contribution in [3.8, 4) is 0 Å². The summed E-state index contributed by atoms with van der Waals surface area (Å²) in [4.78, 5) is 15.9. The van der Waals surface area contributed by atoms with Crippen molar-refractivity contribution < 1.29 is 17.7 Å². The molecule has 0 bridgehead atoms. The highest BCUT2D eigenvalue weighted by Crippen LogP contribution is 2.41. The van der Waals surface area contributed by atoms with Crippen molar-refractivity contribution in [3.63, 3.8) is 0 Å². The minimum Gasteiger partial charge on any atom is -0.351 e. The van der Waals surface area contributed by atoms with Crippen molar-refractivity contribution in [3.05, 3.63) is 28.7 Å². The molecule has 3 rings (SSSR count). The van der Waals surface area contributed by atoms with Gasteiger partial charge in [-0.2, -0.15) is 9.71 Å². The third-order valence-electron chi connectivity index (χ3n) is 3.91. The van der Waals surface area contributed by atoms with Crippen molar-refractivity contribution in [1.82, 2.24) is 20.2 Å². The zero-order valence-electron chi connectivity index (χ0n) is 13.3. The van der Waals surface area contributed by atoms with E-state index < -0.39 is 15.6 Å². The highest BCUT2D eigenvalue weighted by atomic mass is 32.2. The third kappa shape index (κ3) is 3.35. The summed E-state index contributed by atoms with van der Waals surface area (Å²) in [6.07, 6.45) is 2.17. The average Bonchev–Trinajstić information content (AvgIpc) is 3.10. The predicted octanol–water partition coefficient (Wildman–Crippen LogP) is 1.43. The number of amides is 1. The molecular formula is C14H18N4O4S2. The van der Waals surface area contributed by atoms with E-state index >= 15 is 0 Å². The lowest BCUT2D eigenvalue weighted by Gasteiger charge is -2.38. The molecule has 10 heteroatoms. The number of carbonyl (C=O) groups excluding carboxylic acids is 1. The highest BCUT2D eigenvalue weighted by molar-refractivity contribution is 7.91. The quantitative estimate of drug-likeness (QED) is 0.795. The van der Waals surface area contributed by atoms with Crippen LogP contribution in [0.1, 0.15) is 42.8 Å². The minimum absolute atomic E-state index is 0.160. The Morgan fingerprint density at radius 2 is 2.17 bits per heavy atom. The average molecular weight is 370 g/mol. The summed E-state index contributed by atoms with van der Waals surface area (Å²) in [7, 11) is -3.70. The summed E-state index contributed by atoms with van der Waals surface area (Å²) in [5.74, 6) is 0.626. The lowest BCUT2D eigenvalue weighted by Crippen LogP contribution is -2.51. The monoisotopic (exact) mass is 370 g/mol. The largest absolute Gasteiger partial charge is 0.351 e. The maximum atomic E-state index is 12.7. The van der Waals surface area contributed by atoms with Crippen LogP contribution in [-0.2, 0) is 26.9 Å². The minimum atomic E-state index is -3.70. The fraction of sp³-hybridized carbons (Fsp3) is 0.500. The molecule has 0 saturated heterocycles. The van der Waals surface area contributed by atoms with E-state index in [2.05, 4.69) is 20.2 Å². The fourth-order valence-corrected chi connectivity index (χ4v) is 5.23. The van der Waals surface area contributed by atoms with Crippen LogP contribution in [0.4, 0.5) is 0 Å². The number of nitrogens with zero attached hydrogens (tertiary/aromatic N) is 2. The second-order valence-electron chi connectivity index (χ2n) is 5.81. The Morgan fingerprint density at radius 3 is 2.71 bits per heavy atom. The van der Waals surface area contributed by atoms with E-state index in [0.717, 1.165) is 22.6 Å². The molecule has 8 nitrogen and oxygen atoms in total. The van der Waals surface area contributed by atoms with Crippen LogP contribution in [-0.4, -0.2) is 24.5 Å². The maximum absolute atomic E-state index is 12.7. The molecule has 2 aromatic heterocycles. The van der Waals surface area contributed by atoms with Gasteiger partial charge >= 0.3 is 0 Å². The number of aromatic nitrogens is 2. The molecule has 0 radical (unpaired) electrons. The van der Waals surface area contributed by atoms with Crippen LogP contribution >= 0.6 is 11.3 Å². The topological polar surface area (TPSA) is 114 Å². The van der Waals surface area contributed by atoms with E-state index in [1.54, 1.807) is 13.0 Å². The van der Waals surface area contributed by atoms with Crippen molar-refractivity contribution in [2.45, 2.75) is 49.4 Å². The number of sulfonamides is 1. The summed E-state index contributed by atoms with van der Waals surface area (Å²) in [6.45, 7) is 3.40. The first-order valence-electron chi connectivity index (χ1n) is 7.49. The van der Waals surface area contributed by atoms with Crippen LogP contribution in [0.15, 0.2) is 20.9 Å². The summed E-state index contributed by atoms with van der Waals surface area (Å²) in [5.41, 5.74) is -0.793. The normalized spacial score (nSPS) is 16.6. The first-order chi connectivity index (χ1) is 11.3. The molecule has 1 saturated carbocycles. The maximum Gasteiger partial charge on any atom is 0.250 e. The van der Waals surface area contributed by atoms with Gasteiger partial charge in [0.1, 0.15) is 4.21 Å². The molecule has 1 amide bonds. The molecule has 1 fully saturated rings. The van der Waals surface area contributed by atoms with Crippen LogP contribution in [0, 0.1) is 6.92 Å². The molecule has 0 unspecified atom stereocenters. The number of aryl methyl sites for hydroxylation is 1. The van der Waals surface area contributed by atoms with Gasteiger partial charge in [0.05, 0.1) is 12.1 Å². The van der Waals surface area contributed by atoms with E-state index in [1.807, 2.05) is 0 Å². The molecule has 1 aliphatic rings. The number of hydrogen-bond donors (Lipinski definition) is 2. The van der Waals surface area contributed by atoms with Gasteiger partial charge in [-0.1, -0.05) is 5.16 Å². The molecule has 2 aromatic rings. The van der Waals surface area contributed by atoms with Gasteiger partial charge in [-0.3, -0.25) is 4.79 Å². The highest BCUT2D eigenvalue weighted by Gasteiger charge is 2.46. The van der Waals surface area contributed by atoms with Gasteiger partial charge in [0.2, 0.25) is 11.8 Å². The van der Waals surface area contributed by atoms with Crippen LogP contribution < -0.4 is 10.0 Å². The van der Waals surface area contributed by atoms with Crippen LogP contribution in [0.5, 0.6) is 0 Å². The lowest BCUT2D eigenvalue weighted by molar-refractivity contribution is -0.119. The second-order valence-corrected chi connectivity index (χ2v) is 8.89. The van der Waals surface area contributed by atoms with Gasteiger partial charge in [0.15, 0.2) is 5.82 Å². The van der Waals surface area contributed by atoms with Gasteiger partial charge in [-0.05, 0) is 31.4 Å². The Balaban J connectivity index is 1.79. The molecular weight excluding hydrogens is 352 g/mol. The second kappa shape index (κ2) is 6.26. The lowest BCUT2D eigenvalue weighted by atomic mass is 9.77. The van der Waals surface area contributed by atoms with E-state index in [9.17, 15) is 13.2 Å². The molecule has 1 aliphatic carbocycles. The Kier molecular flexibility index (Phi) is 4.45. The van der Waals surface area contributed by atoms with Crippen LogP contribution in [0.25, 0.3) is 0 Å². The zero-order chi connectivity index (χ0) is 17.4. The SMILES string of the molecule is CC(=O)NCc1ccc(S(=O)(=O)NC2(c3noc(C)n3)CCC2)s1. The van der Waals surface area contributed by atoms with E-state index in [4.69, 9.17) is 4.52 Å². The number of nitrogens with one attached hydrogen (secondary N) is 2. The summed E-state index contributed by atoms with van der Waals surface area (Å²) in [5, 5.41) is 6.53. The predicted molar refractivity (Wildman–Crippen MR) is 86.7 cm³/mol. The van der Waals surface area contributed by atoms with Crippen LogP contribution in [0.2, 0.25) is 0 Å². The van der Waals surface area contributed by atoms with E-state index in [1.165, 1.54) is 13.0 Å². The summed E-state index contributed by atoms with van der Waals surface area (Å²) >= 11 is 1.13. The number of rotatable bonds is 6. The first-order valence-corrected chi connectivity index (χ1v) is 9.79. The Labute approximate surface area is 143 Å². The van der Waals surface area contributed by atoms with Gasteiger partial charge in [0.25, 0.3) is 10.0 Å². The number of thiophene rings is 1. The van der Waals surface area contributed by atoms with Gasteiger partial charge < -0.3 is 9.84 Å². The molecule has 2 heterocycles. The number of hydrogen-bond acceptors (Lipinski definition) is 7. The zero-order valence-corrected chi connectivity index (χ0v) is 15.0. The Hall–Kier alpha value is -1.78. The number of carbonyl (C=O) groups is 1. The molecule has 0 spiro atoms. The molecule has 2 N–H and O–H groups in total. The van der Waals surface area contributed by atoms with Gasteiger partial charge in [0, 0.05) is 18.7 Å². The standard InChI is InChI=1S/C14H18N4O4S2/c1-9(19)15-8-11-4-5-12(23-11)24(20,21)18-14(6-3-7-14)13-16-10(2)22-17-13/h4-5,18H,3,6-8H2,1-2H3,(H,15,19). The van der Waals surface area contributed by atoms with Crippen molar-refractivity contribution in [2.75, 3.05) is 0 Å². The van der Waals surface area contributed by atoms with E-state index in [-0.39, 0.29) is 10.1 Å². The third-order valence-corrected chi connectivity index (χ3v) is 7.02. The molecule has 0 aliphatic heterocycles. The molecule has 0 aromatic carbocycles. The fourth-order valence-electron chi connectivity index (χ4n) is 2.51. The summed E-state index contributed by atoms with van der Waals surface area (Å²) in [6, 6.07) is 3.24. The molecule has 24 heavy (non-hydrogen) atoms.